The molecule has 1 amide bonds. The molecule has 0 aliphatic carbocycles. The van der Waals surface area contributed by atoms with Gasteiger partial charge in [0.05, 0.1) is 4.92 Å². The van der Waals surface area contributed by atoms with Gasteiger partial charge in [-0.25, -0.2) is 4.98 Å². The molecule has 0 aromatic carbocycles. The van der Waals surface area contributed by atoms with Crippen LogP contribution < -0.4 is 10.6 Å². The number of aromatic nitrogens is 1. The summed E-state index contributed by atoms with van der Waals surface area (Å²) in [7, 11) is 0. The molecular formula is C11H14N4O3. The Hall–Kier alpha value is -2.18. The second-order valence-corrected chi connectivity index (χ2v) is 4.30. The van der Waals surface area contributed by atoms with Gasteiger partial charge in [0.2, 0.25) is 5.91 Å². The van der Waals surface area contributed by atoms with E-state index in [1.54, 1.807) is 6.07 Å². The number of hydrogen-bond acceptors (Lipinski definition) is 5. The van der Waals surface area contributed by atoms with Crippen molar-refractivity contribution in [1.82, 2.24) is 4.98 Å². The molecule has 0 spiro atoms. The Morgan fingerprint density at radius 3 is 2.56 bits per heavy atom. The van der Waals surface area contributed by atoms with Crippen molar-refractivity contribution in [1.29, 1.82) is 0 Å². The Morgan fingerprint density at radius 2 is 2.11 bits per heavy atom. The first kappa shape index (κ1) is 12.3. The first-order chi connectivity index (χ1) is 8.58. The van der Waals surface area contributed by atoms with Crippen molar-refractivity contribution in [3.05, 3.63) is 28.4 Å². The molecule has 96 valence electrons. The maximum atomic E-state index is 11.0. The number of anilines is 1. The van der Waals surface area contributed by atoms with Crippen LogP contribution >= 0.6 is 0 Å². The molecular weight excluding hydrogens is 236 g/mol. The largest absolute Gasteiger partial charge is 0.369 e. The molecule has 1 aromatic heterocycles. The van der Waals surface area contributed by atoms with E-state index >= 15 is 0 Å². The summed E-state index contributed by atoms with van der Waals surface area (Å²) in [5, 5.41) is 10.5. The number of nitro groups is 1. The fourth-order valence-corrected chi connectivity index (χ4v) is 2.07. The van der Waals surface area contributed by atoms with E-state index in [0.29, 0.717) is 31.7 Å². The number of pyridine rings is 1. The minimum Gasteiger partial charge on any atom is -0.369 e. The number of piperidine rings is 1. The molecule has 2 N–H and O–H groups in total. The van der Waals surface area contributed by atoms with Crippen molar-refractivity contribution < 1.29 is 9.72 Å². The summed E-state index contributed by atoms with van der Waals surface area (Å²) in [5.74, 6) is 0.370. The standard InChI is InChI=1S/C11H14N4O3/c12-11(16)8-3-5-14(6-4-8)10-2-1-9(7-13-10)15(17)18/h1-2,7-8H,3-6H2,(H2,12,16). The monoisotopic (exact) mass is 250 g/mol. The third kappa shape index (κ3) is 2.55. The molecule has 0 unspecified atom stereocenters. The number of nitrogens with zero attached hydrogens (tertiary/aromatic N) is 3. The second kappa shape index (κ2) is 4.99. The molecule has 1 aliphatic heterocycles. The van der Waals surface area contributed by atoms with Crippen LogP contribution in [0.4, 0.5) is 11.5 Å². The summed E-state index contributed by atoms with van der Waals surface area (Å²) in [6, 6.07) is 3.06. The molecule has 2 rings (SSSR count). The summed E-state index contributed by atoms with van der Waals surface area (Å²) < 4.78 is 0. The highest BCUT2D eigenvalue weighted by atomic mass is 16.6. The van der Waals surface area contributed by atoms with E-state index in [1.807, 2.05) is 4.90 Å². The van der Waals surface area contributed by atoms with Gasteiger partial charge >= 0.3 is 0 Å². The zero-order valence-electron chi connectivity index (χ0n) is 9.78. The lowest BCUT2D eigenvalue weighted by atomic mass is 9.96. The summed E-state index contributed by atoms with van der Waals surface area (Å²) >= 11 is 0. The average molecular weight is 250 g/mol. The zero-order chi connectivity index (χ0) is 13.1. The third-order valence-electron chi connectivity index (χ3n) is 3.16. The highest BCUT2D eigenvalue weighted by Crippen LogP contribution is 2.22. The smallest absolute Gasteiger partial charge is 0.287 e. The first-order valence-electron chi connectivity index (χ1n) is 5.72. The van der Waals surface area contributed by atoms with E-state index in [9.17, 15) is 14.9 Å². The van der Waals surface area contributed by atoms with Crippen molar-refractivity contribution in [3.63, 3.8) is 0 Å². The van der Waals surface area contributed by atoms with E-state index in [0.717, 1.165) is 0 Å². The van der Waals surface area contributed by atoms with Gasteiger partial charge in [0.15, 0.2) is 0 Å². The van der Waals surface area contributed by atoms with Crippen molar-refractivity contribution >= 4 is 17.4 Å². The number of carbonyl (C=O) groups excluding carboxylic acids is 1. The number of rotatable bonds is 3. The Bertz CT molecular complexity index is 452. The summed E-state index contributed by atoms with van der Waals surface area (Å²) in [6.07, 6.45) is 2.65. The number of carbonyl (C=O) groups is 1. The first-order valence-corrected chi connectivity index (χ1v) is 5.72. The van der Waals surface area contributed by atoms with Crippen molar-refractivity contribution in [3.8, 4) is 0 Å². The lowest BCUT2D eigenvalue weighted by Crippen LogP contribution is -2.38. The molecule has 1 aliphatic rings. The van der Waals surface area contributed by atoms with Crippen LogP contribution in [0.5, 0.6) is 0 Å². The number of amides is 1. The van der Waals surface area contributed by atoms with Crippen LogP contribution in [0, 0.1) is 16.0 Å². The Balaban J connectivity index is 2.01. The van der Waals surface area contributed by atoms with Gasteiger partial charge in [0.1, 0.15) is 12.0 Å². The Kier molecular flexibility index (Phi) is 3.40. The van der Waals surface area contributed by atoms with Gasteiger partial charge in [-0.1, -0.05) is 0 Å². The van der Waals surface area contributed by atoms with Gasteiger partial charge in [0.25, 0.3) is 5.69 Å². The van der Waals surface area contributed by atoms with Crippen molar-refractivity contribution in [2.45, 2.75) is 12.8 Å². The van der Waals surface area contributed by atoms with Gasteiger partial charge in [-0.3, -0.25) is 14.9 Å². The van der Waals surface area contributed by atoms with Gasteiger partial charge in [-0.2, -0.15) is 0 Å². The normalized spacial score (nSPS) is 16.6. The summed E-state index contributed by atoms with van der Waals surface area (Å²) in [4.78, 5) is 27.1. The van der Waals surface area contributed by atoms with Gasteiger partial charge in [-0.05, 0) is 18.9 Å². The van der Waals surface area contributed by atoms with E-state index in [4.69, 9.17) is 5.73 Å². The van der Waals surface area contributed by atoms with Crippen LogP contribution in [-0.4, -0.2) is 28.9 Å². The fourth-order valence-electron chi connectivity index (χ4n) is 2.07. The van der Waals surface area contributed by atoms with Crippen LogP contribution in [0.15, 0.2) is 18.3 Å². The van der Waals surface area contributed by atoms with E-state index < -0.39 is 4.92 Å². The zero-order valence-corrected chi connectivity index (χ0v) is 9.78. The molecule has 18 heavy (non-hydrogen) atoms. The lowest BCUT2D eigenvalue weighted by Gasteiger charge is -2.31. The predicted molar refractivity (Wildman–Crippen MR) is 65.0 cm³/mol. The van der Waals surface area contributed by atoms with Crippen LogP contribution in [-0.2, 0) is 4.79 Å². The lowest BCUT2D eigenvalue weighted by molar-refractivity contribution is -0.385. The highest BCUT2D eigenvalue weighted by Gasteiger charge is 2.23. The summed E-state index contributed by atoms with van der Waals surface area (Å²) in [6.45, 7) is 1.39. The van der Waals surface area contributed by atoms with Crippen molar-refractivity contribution in [2.24, 2.45) is 11.7 Å². The fraction of sp³-hybridized carbons (Fsp3) is 0.455. The predicted octanol–water partition coefficient (Wildman–Crippen LogP) is 0.691. The van der Waals surface area contributed by atoms with Gasteiger partial charge in [-0.15, -0.1) is 0 Å². The Labute approximate surface area is 104 Å². The molecule has 1 fully saturated rings. The molecule has 0 bridgehead atoms. The topological polar surface area (TPSA) is 102 Å². The molecule has 0 saturated carbocycles. The van der Waals surface area contributed by atoms with E-state index in [1.165, 1.54) is 12.3 Å². The molecule has 7 nitrogen and oxygen atoms in total. The van der Waals surface area contributed by atoms with Gasteiger partial charge < -0.3 is 10.6 Å². The van der Waals surface area contributed by atoms with Crippen LogP contribution in [0.1, 0.15) is 12.8 Å². The van der Waals surface area contributed by atoms with E-state index in [-0.39, 0.29) is 17.5 Å². The molecule has 1 saturated heterocycles. The van der Waals surface area contributed by atoms with Crippen LogP contribution in [0.2, 0.25) is 0 Å². The third-order valence-corrected chi connectivity index (χ3v) is 3.16. The van der Waals surface area contributed by atoms with E-state index in [2.05, 4.69) is 4.98 Å². The highest BCUT2D eigenvalue weighted by molar-refractivity contribution is 5.76. The Morgan fingerprint density at radius 1 is 1.44 bits per heavy atom. The summed E-state index contributed by atoms with van der Waals surface area (Å²) in [5.41, 5.74) is 5.23. The van der Waals surface area contributed by atoms with Crippen molar-refractivity contribution in [2.75, 3.05) is 18.0 Å². The second-order valence-electron chi connectivity index (χ2n) is 4.30. The average Bonchev–Trinajstić information content (AvgIpc) is 2.39. The van der Waals surface area contributed by atoms with Crippen LogP contribution in [0.3, 0.4) is 0 Å². The quantitative estimate of drug-likeness (QED) is 0.628. The molecule has 2 heterocycles. The SMILES string of the molecule is NC(=O)C1CCN(c2ccc([N+](=O)[O-])cn2)CC1. The molecule has 0 atom stereocenters. The maximum absolute atomic E-state index is 11.0. The van der Waals surface area contributed by atoms with Crippen LogP contribution in [0.25, 0.3) is 0 Å². The molecule has 0 radical (unpaired) electrons. The molecule has 1 aromatic rings. The van der Waals surface area contributed by atoms with Gasteiger partial charge in [0, 0.05) is 25.1 Å². The number of nitrogens with two attached hydrogens (primary N) is 1. The number of primary amides is 1. The minimum atomic E-state index is -0.476. The number of hydrogen-bond donors (Lipinski definition) is 1. The minimum absolute atomic E-state index is 0.0224. The maximum Gasteiger partial charge on any atom is 0.287 e. The molecule has 7 heteroatoms.